The summed E-state index contributed by atoms with van der Waals surface area (Å²) in [5.74, 6) is -0.783. The lowest BCUT2D eigenvalue weighted by Gasteiger charge is -2.20. The number of aromatic nitrogens is 6. The van der Waals surface area contributed by atoms with Crippen LogP contribution in [0.4, 0.5) is 0 Å². The van der Waals surface area contributed by atoms with Gasteiger partial charge in [-0.05, 0) is 52.1 Å². The van der Waals surface area contributed by atoms with Crippen LogP contribution >= 0.6 is 0 Å². The van der Waals surface area contributed by atoms with E-state index in [2.05, 4.69) is 56.3 Å². The number of azide groups is 1. The van der Waals surface area contributed by atoms with Crippen LogP contribution < -0.4 is 0 Å². The van der Waals surface area contributed by atoms with Crippen LogP contribution in [0, 0.1) is 0 Å². The third-order valence-electron chi connectivity index (χ3n) is 4.41. The van der Waals surface area contributed by atoms with E-state index in [0.717, 1.165) is 24.2 Å². The zero-order chi connectivity index (χ0) is 22.0. The summed E-state index contributed by atoms with van der Waals surface area (Å²) in [5.41, 5.74) is 10.0. The van der Waals surface area contributed by atoms with E-state index in [0.29, 0.717) is 39.1 Å². The van der Waals surface area contributed by atoms with Crippen molar-refractivity contribution in [3.63, 3.8) is 0 Å². The Morgan fingerprint density at radius 2 is 1.87 bits per heavy atom. The molecule has 0 bridgehead atoms. The van der Waals surface area contributed by atoms with Crippen molar-refractivity contribution in [1.29, 1.82) is 0 Å². The molecule has 0 spiro atoms. The molecule has 0 saturated carbocycles. The lowest BCUT2D eigenvalue weighted by Crippen LogP contribution is -2.25. The Morgan fingerprint density at radius 3 is 2.50 bits per heavy atom. The van der Waals surface area contributed by atoms with Crippen molar-refractivity contribution in [2.45, 2.75) is 71.6 Å². The summed E-state index contributed by atoms with van der Waals surface area (Å²) in [6, 6.07) is 0. The van der Waals surface area contributed by atoms with Crippen LogP contribution in [-0.4, -0.2) is 59.1 Å². The van der Waals surface area contributed by atoms with Crippen molar-refractivity contribution in [2.75, 3.05) is 13.1 Å². The maximum atomic E-state index is 10.6. The molecule has 0 aliphatic heterocycles. The standard InChI is InChI=1S/C18H30N10O2/c1-18(2,3)28-14-16(22-25-28)12-26(9-6-8-20-23-19)11-15-13-27(24-21-15)10-5-4-7-17(29)30/h13-14H,4-12H2,1-3H3,(H,29,30). The number of aryl methyl sites for hydroxylation is 1. The average molecular weight is 419 g/mol. The first kappa shape index (κ1) is 23.3. The SMILES string of the molecule is CC(C)(C)n1cc(CN(CCCN=[N+]=[N-])Cc2cn(CCCCC(=O)O)nn2)nn1. The summed E-state index contributed by atoms with van der Waals surface area (Å²) < 4.78 is 3.58. The predicted octanol–water partition coefficient (Wildman–Crippen LogP) is 2.58. The molecule has 164 valence electrons. The smallest absolute Gasteiger partial charge is 0.303 e. The van der Waals surface area contributed by atoms with Crippen LogP contribution in [0.5, 0.6) is 0 Å². The Balaban J connectivity index is 1.96. The quantitative estimate of drug-likeness (QED) is 0.227. The van der Waals surface area contributed by atoms with E-state index >= 15 is 0 Å². The molecule has 0 aliphatic rings. The number of carboxylic acids is 1. The van der Waals surface area contributed by atoms with Gasteiger partial charge in [0.15, 0.2) is 0 Å². The molecular formula is C18H30N10O2. The summed E-state index contributed by atoms with van der Waals surface area (Å²) in [6.45, 7) is 9.15. The molecule has 12 nitrogen and oxygen atoms in total. The van der Waals surface area contributed by atoms with Crippen molar-refractivity contribution in [2.24, 2.45) is 5.11 Å². The van der Waals surface area contributed by atoms with Crippen LogP contribution in [0.1, 0.15) is 57.8 Å². The number of aliphatic carboxylic acids is 1. The second kappa shape index (κ2) is 11.3. The topological polar surface area (TPSA) is 151 Å². The first-order valence-corrected chi connectivity index (χ1v) is 10.0. The monoisotopic (exact) mass is 418 g/mol. The Morgan fingerprint density at radius 1 is 1.17 bits per heavy atom. The van der Waals surface area contributed by atoms with E-state index in [-0.39, 0.29) is 12.0 Å². The second-order valence-electron chi connectivity index (χ2n) is 8.17. The molecule has 0 amide bonds. The lowest BCUT2D eigenvalue weighted by atomic mass is 10.1. The Bertz CT molecular complexity index is 847. The zero-order valence-electron chi connectivity index (χ0n) is 17.8. The Labute approximate surface area is 175 Å². The molecule has 0 saturated heterocycles. The van der Waals surface area contributed by atoms with Gasteiger partial charge in [0.2, 0.25) is 0 Å². The van der Waals surface area contributed by atoms with Gasteiger partial charge in [-0.15, -0.1) is 10.2 Å². The molecule has 2 aromatic rings. The van der Waals surface area contributed by atoms with Crippen LogP contribution in [0.15, 0.2) is 17.5 Å². The van der Waals surface area contributed by atoms with Gasteiger partial charge in [0, 0.05) is 43.7 Å². The summed E-state index contributed by atoms with van der Waals surface area (Å²) in [6.07, 6.45) is 6.06. The van der Waals surface area contributed by atoms with Crippen molar-refractivity contribution < 1.29 is 9.90 Å². The third kappa shape index (κ3) is 8.18. The van der Waals surface area contributed by atoms with Crippen LogP contribution in [0.2, 0.25) is 0 Å². The Kier molecular flexibility index (Phi) is 8.75. The molecule has 1 N–H and O–H groups in total. The number of hydrogen-bond acceptors (Lipinski definition) is 7. The number of carboxylic acid groups (broad SMARTS) is 1. The molecule has 12 heteroatoms. The van der Waals surface area contributed by atoms with Crippen LogP contribution in [0.3, 0.4) is 0 Å². The first-order valence-electron chi connectivity index (χ1n) is 10.0. The van der Waals surface area contributed by atoms with Crippen molar-refractivity contribution in [3.8, 4) is 0 Å². The summed E-state index contributed by atoms with van der Waals surface area (Å²) in [5, 5.41) is 29.2. The Hall–Kier alpha value is -2.98. The van der Waals surface area contributed by atoms with Gasteiger partial charge in [-0.1, -0.05) is 15.5 Å². The molecule has 0 unspecified atom stereocenters. The molecule has 2 rings (SSSR count). The normalized spacial score (nSPS) is 11.6. The minimum atomic E-state index is -0.783. The maximum Gasteiger partial charge on any atom is 0.303 e. The molecule has 0 fully saturated rings. The average Bonchev–Trinajstić information content (AvgIpc) is 3.31. The fourth-order valence-corrected chi connectivity index (χ4v) is 2.85. The number of rotatable bonds is 13. The van der Waals surface area contributed by atoms with Gasteiger partial charge >= 0.3 is 5.97 Å². The lowest BCUT2D eigenvalue weighted by molar-refractivity contribution is -0.137. The highest BCUT2D eigenvalue weighted by atomic mass is 16.4. The van der Waals surface area contributed by atoms with Gasteiger partial charge in [0.1, 0.15) is 0 Å². The molecule has 0 atom stereocenters. The molecule has 30 heavy (non-hydrogen) atoms. The molecule has 0 aromatic carbocycles. The summed E-state index contributed by atoms with van der Waals surface area (Å²) >= 11 is 0. The number of carbonyl (C=O) groups is 1. The number of hydrogen-bond donors (Lipinski definition) is 1. The zero-order valence-corrected chi connectivity index (χ0v) is 17.8. The van der Waals surface area contributed by atoms with Crippen molar-refractivity contribution in [1.82, 2.24) is 34.9 Å². The molecule has 0 radical (unpaired) electrons. The first-order chi connectivity index (χ1) is 14.3. The van der Waals surface area contributed by atoms with E-state index < -0.39 is 5.97 Å². The highest BCUT2D eigenvalue weighted by Crippen LogP contribution is 2.14. The molecule has 0 aliphatic carbocycles. The second-order valence-corrected chi connectivity index (χ2v) is 8.17. The minimum absolute atomic E-state index is 0.138. The van der Waals surface area contributed by atoms with Crippen LogP contribution in [0.25, 0.3) is 10.4 Å². The van der Waals surface area contributed by atoms with Gasteiger partial charge in [-0.25, -0.2) is 4.68 Å². The number of nitrogens with zero attached hydrogens (tertiary/aromatic N) is 10. The maximum absolute atomic E-state index is 10.6. The minimum Gasteiger partial charge on any atom is -0.481 e. The molecule has 2 heterocycles. The highest BCUT2D eigenvalue weighted by Gasteiger charge is 2.17. The van der Waals surface area contributed by atoms with Crippen LogP contribution in [-0.2, 0) is 30.0 Å². The van der Waals surface area contributed by atoms with E-state index in [9.17, 15) is 4.79 Å². The van der Waals surface area contributed by atoms with Gasteiger partial charge in [0.05, 0.1) is 23.1 Å². The fraction of sp³-hybridized carbons (Fsp3) is 0.722. The van der Waals surface area contributed by atoms with E-state index in [1.807, 2.05) is 17.1 Å². The van der Waals surface area contributed by atoms with E-state index in [4.69, 9.17) is 10.6 Å². The highest BCUT2D eigenvalue weighted by molar-refractivity contribution is 5.66. The summed E-state index contributed by atoms with van der Waals surface area (Å²) in [4.78, 5) is 15.6. The fourth-order valence-electron chi connectivity index (χ4n) is 2.85. The largest absolute Gasteiger partial charge is 0.481 e. The molecule has 2 aromatic heterocycles. The number of unbranched alkanes of at least 4 members (excludes halogenated alkanes) is 1. The van der Waals surface area contributed by atoms with Gasteiger partial charge in [-0.2, -0.15) is 0 Å². The van der Waals surface area contributed by atoms with Gasteiger partial charge in [-0.3, -0.25) is 14.4 Å². The van der Waals surface area contributed by atoms with Crippen molar-refractivity contribution >= 4 is 5.97 Å². The third-order valence-corrected chi connectivity index (χ3v) is 4.41. The molecular weight excluding hydrogens is 388 g/mol. The van der Waals surface area contributed by atoms with E-state index in [1.165, 1.54) is 0 Å². The summed E-state index contributed by atoms with van der Waals surface area (Å²) in [7, 11) is 0. The predicted molar refractivity (Wildman–Crippen MR) is 109 cm³/mol. The van der Waals surface area contributed by atoms with Crippen molar-refractivity contribution in [3.05, 3.63) is 34.2 Å². The van der Waals surface area contributed by atoms with E-state index in [1.54, 1.807) is 4.68 Å². The van der Waals surface area contributed by atoms with Gasteiger partial charge in [0.25, 0.3) is 0 Å². The van der Waals surface area contributed by atoms with Gasteiger partial charge < -0.3 is 5.11 Å².